The molecule has 8 nitrogen and oxygen atoms in total. The standard InChI is InChI=1S/C24H20F3N7O/c1-3-21(35)30-17-5-4-6-18(10-17)31-23-20(14-7-15(22(26)27)9-16(25)8-14)12-28-24(33-23)32-19-11-29-34(2)13-19/h3-13,22H,1H2,2H3,(H,30,35)(H2,28,31,32,33). The van der Waals surface area contributed by atoms with Crippen molar-refractivity contribution in [2.24, 2.45) is 7.05 Å². The highest BCUT2D eigenvalue weighted by atomic mass is 19.3. The molecule has 0 radical (unpaired) electrons. The Morgan fingerprint density at radius 2 is 1.89 bits per heavy atom. The fourth-order valence-corrected chi connectivity index (χ4v) is 3.26. The number of rotatable bonds is 8. The second-order valence-corrected chi connectivity index (χ2v) is 7.46. The van der Waals surface area contributed by atoms with Gasteiger partial charge in [-0.25, -0.2) is 18.2 Å². The molecule has 3 N–H and O–H groups in total. The zero-order valence-corrected chi connectivity index (χ0v) is 18.5. The van der Waals surface area contributed by atoms with Crippen LogP contribution in [0.1, 0.15) is 12.0 Å². The monoisotopic (exact) mass is 479 g/mol. The number of carbonyl (C=O) groups excluding carboxylic acids is 1. The second-order valence-electron chi connectivity index (χ2n) is 7.46. The van der Waals surface area contributed by atoms with Gasteiger partial charge in [-0.05, 0) is 48.0 Å². The van der Waals surface area contributed by atoms with Crippen LogP contribution in [0.5, 0.6) is 0 Å². The average Bonchev–Trinajstić information content (AvgIpc) is 3.23. The van der Waals surface area contributed by atoms with Gasteiger partial charge in [0.1, 0.15) is 11.6 Å². The summed E-state index contributed by atoms with van der Waals surface area (Å²) < 4.78 is 42.3. The molecule has 2 heterocycles. The zero-order chi connectivity index (χ0) is 24.9. The van der Waals surface area contributed by atoms with E-state index in [-0.39, 0.29) is 23.2 Å². The molecule has 4 rings (SSSR count). The summed E-state index contributed by atoms with van der Waals surface area (Å²) in [5.41, 5.74) is 1.67. The lowest BCUT2D eigenvalue weighted by Crippen LogP contribution is -2.07. The largest absolute Gasteiger partial charge is 0.339 e. The molecule has 0 saturated carbocycles. The molecule has 0 fully saturated rings. The molecule has 0 aliphatic heterocycles. The van der Waals surface area contributed by atoms with E-state index in [2.05, 4.69) is 37.6 Å². The van der Waals surface area contributed by atoms with Crippen LogP contribution in [0.4, 0.5) is 42.0 Å². The number of carbonyl (C=O) groups is 1. The summed E-state index contributed by atoms with van der Waals surface area (Å²) in [5.74, 6) is -0.766. The van der Waals surface area contributed by atoms with Gasteiger partial charge in [0.2, 0.25) is 11.9 Å². The number of aromatic nitrogens is 4. The third kappa shape index (κ3) is 5.82. The predicted molar refractivity (Wildman–Crippen MR) is 127 cm³/mol. The number of hydrogen-bond donors (Lipinski definition) is 3. The van der Waals surface area contributed by atoms with E-state index in [9.17, 15) is 18.0 Å². The molecule has 11 heteroatoms. The number of alkyl halides is 2. The van der Waals surface area contributed by atoms with Crippen molar-refractivity contribution < 1.29 is 18.0 Å². The average molecular weight is 479 g/mol. The van der Waals surface area contributed by atoms with Crippen molar-refractivity contribution in [3.63, 3.8) is 0 Å². The third-order valence-electron chi connectivity index (χ3n) is 4.81. The molecule has 0 aliphatic rings. The fourth-order valence-electron chi connectivity index (χ4n) is 3.26. The highest BCUT2D eigenvalue weighted by Crippen LogP contribution is 2.33. The number of nitrogens with zero attached hydrogens (tertiary/aromatic N) is 4. The Labute approximate surface area is 198 Å². The molecule has 1 amide bonds. The highest BCUT2D eigenvalue weighted by Gasteiger charge is 2.16. The van der Waals surface area contributed by atoms with Crippen molar-refractivity contribution in [3.8, 4) is 11.1 Å². The first-order valence-electron chi connectivity index (χ1n) is 10.3. The first kappa shape index (κ1) is 23.5. The summed E-state index contributed by atoms with van der Waals surface area (Å²) in [5, 5.41) is 12.8. The molecular weight excluding hydrogens is 459 g/mol. The Hall–Kier alpha value is -4.67. The molecule has 0 atom stereocenters. The van der Waals surface area contributed by atoms with Crippen molar-refractivity contribution in [2.75, 3.05) is 16.0 Å². The maximum absolute atomic E-state index is 14.1. The second kappa shape index (κ2) is 10.1. The summed E-state index contributed by atoms with van der Waals surface area (Å²) in [6.45, 7) is 3.42. The smallest absolute Gasteiger partial charge is 0.263 e. The quantitative estimate of drug-likeness (QED) is 0.286. The molecule has 0 aliphatic carbocycles. The lowest BCUT2D eigenvalue weighted by molar-refractivity contribution is -0.111. The topological polar surface area (TPSA) is 96.8 Å². The molecular formula is C24H20F3N7O. The van der Waals surface area contributed by atoms with Gasteiger partial charge in [0.15, 0.2) is 0 Å². The normalized spacial score (nSPS) is 10.8. The van der Waals surface area contributed by atoms with Crippen molar-refractivity contribution in [3.05, 3.63) is 85.1 Å². The van der Waals surface area contributed by atoms with Gasteiger partial charge in [0.05, 0.1) is 11.9 Å². The summed E-state index contributed by atoms with van der Waals surface area (Å²) in [7, 11) is 1.75. The maximum Gasteiger partial charge on any atom is 0.263 e. The zero-order valence-electron chi connectivity index (χ0n) is 18.5. The van der Waals surface area contributed by atoms with E-state index in [1.165, 1.54) is 12.3 Å². The van der Waals surface area contributed by atoms with Gasteiger partial charge in [0, 0.05) is 41.9 Å². The minimum atomic E-state index is -2.85. The first-order chi connectivity index (χ1) is 16.8. The SMILES string of the molecule is C=CC(=O)Nc1cccc(Nc2nc(Nc3cnn(C)c3)ncc2-c2cc(F)cc(C(F)F)c2)c1. The van der Waals surface area contributed by atoms with E-state index in [0.717, 1.165) is 18.2 Å². The van der Waals surface area contributed by atoms with Gasteiger partial charge in [-0.15, -0.1) is 0 Å². The third-order valence-corrected chi connectivity index (χ3v) is 4.81. The summed E-state index contributed by atoms with van der Waals surface area (Å²) in [6.07, 6.45) is 3.00. The minimum Gasteiger partial charge on any atom is -0.339 e. The van der Waals surface area contributed by atoms with E-state index < -0.39 is 17.8 Å². The van der Waals surface area contributed by atoms with Gasteiger partial charge in [-0.3, -0.25) is 9.48 Å². The highest BCUT2D eigenvalue weighted by molar-refractivity contribution is 5.99. The number of aryl methyl sites for hydroxylation is 1. The number of amides is 1. The number of nitrogens with one attached hydrogen (secondary N) is 3. The van der Waals surface area contributed by atoms with Gasteiger partial charge < -0.3 is 16.0 Å². The van der Waals surface area contributed by atoms with Crippen molar-refractivity contribution >= 4 is 34.7 Å². The van der Waals surface area contributed by atoms with Crippen LogP contribution in [0.15, 0.2) is 73.7 Å². The van der Waals surface area contributed by atoms with Crippen LogP contribution in [0.25, 0.3) is 11.1 Å². The summed E-state index contributed by atoms with van der Waals surface area (Å²) in [4.78, 5) is 20.4. The van der Waals surface area contributed by atoms with Crippen LogP contribution in [-0.4, -0.2) is 25.7 Å². The van der Waals surface area contributed by atoms with Crippen LogP contribution in [0.2, 0.25) is 0 Å². The van der Waals surface area contributed by atoms with Gasteiger partial charge >= 0.3 is 0 Å². The molecule has 2 aromatic carbocycles. The maximum atomic E-state index is 14.1. The number of benzene rings is 2. The van der Waals surface area contributed by atoms with E-state index >= 15 is 0 Å². The lowest BCUT2D eigenvalue weighted by Gasteiger charge is -2.14. The van der Waals surface area contributed by atoms with Crippen LogP contribution in [0, 0.1) is 5.82 Å². The fraction of sp³-hybridized carbons (Fsp3) is 0.0833. The van der Waals surface area contributed by atoms with Crippen molar-refractivity contribution in [1.82, 2.24) is 19.7 Å². The Morgan fingerprint density at radius 1 is 1.09 bits per heavy atom. The van der Waals surface area contributed by atoms with Gasteiger partial charge in [-0.1, -0.05) is 12.6 Å². The van der Waals surface area contributed by atoms with Crippen LogP contribution < -0.4 is 16.0 Å². The Morgan fingerprint density at radius 3 is 2.60 bits per heavy atom. The molecule has 0 saturated heterocycles. The molecule has 0 unspecified atom stereocenters. The van der Waals surface area contributed by atoms with Crippen LogP contribution in [-0.2, 0) is 11.8 Å². The molecule has 178 valence electrons. The van der Waals surface area contributed by atoms with E-state index in [1.807, 2.05) is 0 Å². The van der Waals surface area contributed by atoms with Gasteiger partial charge in [-0.2, -0.15) is 10.1 Å². The van der Waals surface area contributed by atoms with Crippen molar-refractivity contribution in [2.45, 2.75) is 6.43 Å². The van der Waals surface area contributed by atoms with E-state index in [4.69, 9.17) is 0 Å². The first-order valence-corrected chi connectivity index (χ1v) is 10.3. The molecule has 2 aromatic heterocycles. The van der Waals surface area contributed by atoms with Gasteiger partial charge in [0.25, 0.3) is 6.43 Å². The Kier molecular flexibility index (Phi) is 6.76. The number of hydrogen-bond acceptors (Lipinski definition) is 6. The van der Waals surface area contributed by atoms with E-state index in [0.29, 0.717) is 22.6 Å². The Balaban J connectivity index is 1.75. The molecule has 35 heavy (non-hydrogen) atoms. The molecule has 0 bridgehead atoms. The summed E-state index contributed by atoms with van der Waals surface area (Å²) >= 11 is 0. The van der Waals surface area contributed by atoms with Crippen LogP contribution in [0.3, 0.4) is 0 Å². The van der Waals surface area contributed by atoms with Crippen molar-refractivity contribution in [1.29, 1.82) is 0 Å². The van der Waals surface area contributed by atoms with E-state index in [1.54, 1.807) is 48.4 Å². The Bertz CT molecular complexity index is 1390. The molecule has 4 aromatic rings. The predicted octanol–water partition coefficient (Wildman–Crippen LogP) is 5.57. The van der Waals surface area contributed by atoms with Crippen LogP contribution >= 0.6 is 0 Å². The summed E-state index contributed by atoms with van der Waals surface area (Å²) in [6, 6.07) is 9.86. The minimum absolute atomic E-state index is 0.173. The number of anilines is 5. The number of halogens is 3. The lowest BCUT2D eigenvalue weighted by atomic mass is 10.0. The molecule has 0 spiro atoms.